The molecule has 1 aromatic carbocycles. The lowest BCUT2D eigenvalue weighted by molar-refractivity contribution is -0.133. The topological polar surface area (TPSA) is 35.6 Å². The fourth-order valence-corrected chi connectivity index (χ4v) is 3.94. The monoisotopic (exact) mass is 439 g/mol. The van der Waals surface area contributed by atoms with E-state index in [0.717, 1.165) is 45.7 Å². The summed E-state index contributed by atoms with van der Waals surface area (Å²) in [5.41, 5.74) is 0.551. The Labute approximate surface area is 178 Å². The van der Waals surface area contributed by atoms with Gasteiger partial charge < -0.3 is 10.2 Å². The zero-order chi connectivity index (χ0) is 17.6. The Morgan fingerprint density at radius 3 is 2.44 bits per heavy atom. The van der Waals surface area contributed by atoms with Gasteiger partial charge in [0.1, 0.15) is 5.82 Å². The fourth-order valence-electron chi connectivity index (χ4n) is 3.72. The van der Waals surface area contributed by atoms with Crippen LogP contribution >= 0.6 is 36.4 Å². The van der Waals surface area contributed by atoms with Gasteiger partial charge in [-0.1, -0.05) is 17.7 Å². The van der Waals surface area contributed by atoms with Crippen LogP contribution in [-0.2, 0) is 11.3 Å². The average molecular weight is 441 g/mol. The van der Waals surface area contributed by atoms with Gasteiger partial charge in [-0.05, 0) is 50.4 Å². The summed E-state index contributed by atoms with van der Waals surface area (Å²) in [4.78, 5) is 16.6. The molecule has 1 amide bonds. The molecule has 3 rings (SSSR count). The number of piperazine rings is 1. The van der Waals surface area contributed by atoms with Gasteiger partial charge >= 0.3 is 0 Å². The SMILES string of the molecule is Cl.Cl.O=C(CCC1CCNCC1)N1CCN(Cc2c(F)cccc2Cl)CC1. The molecule has 8 heteroatoms. The maximum atomic E-state index is 13.9. The van der Waals surface area contributed by atoms with Crippen LogP contribution < -0.4 is 5.32 Å². The van der Waals surface area contributed by atoms with E-state index in [1.165, 1.54) is 18.9 Å². The van der Waals surface area contributed by atoms with E-state index in [1.54, 1.807) is 12.1 Å². The molecule has 1 N–H and O–H groups in total. The molecular weight excluding hydrogens is 412 g/mol. The van der Waals surface area contributed by atoms with Crippen LogP contribution in [0.25, 0.3) is 0 Å². The first-order chi connectivity index (χ1) is 12.1. The molecule has 1 aromatic rings. The number of nitrogens with one attached hydrogen (secondary N) is 1. The average Bonchev–Trinajstić information content (AvgIpc) is 2.64. The number of hydrogen-bond donors (Lipinski definition) is 1. The minimum atomic E-state index is -0.257. The van der Waals surface area contributed by atoms with Crippen LogP contribution in [0.4, 0.5) is 4.39 Å². The molecule has 2 heterocycles. The third-order valence-corrected chi connectivity index (χ3v) is 5.75. The van der Waals surface area contributed by atoms with Crippen LogP contribution in [0.15, 0.2) is 18.2 Å². The first kappa shape index (κ1) is 24.4. The van der Waals surface area contributed by atoms with Crippen molar-refractivity contribution < 1.29 is 9.18 Å². The van der Waals surface area contributed by atoms with Crippen molar-refractivity contribution >= 4 is 42.3 Å². The molecular formula is C19H29Cl3FN3O. The largest absolute Gasteiger partial charge is 0.340 e. The van der Waals surface area contributed by atoms with Crippen molar-refractivity contribution in [2.24, 2.45) is 5.92 Å². The molecule has 27 heavy (non-hydrogen) atoms. The molecule has 0 saturated carbocycles. The summed E-state index contributed by atoms with van der Waals surface area (Å²) in [5, 5.41) is 3.83. The van der Waals surface area contributed by atoms with Crippen molar-refractivity contribution in [1.82, 2.24) is 15.1 Å². The molecule has 0 aromatic heterocycles. The molecule has 0 atom stereocenters. The maximum absolute atomic E-state index is 13.9. The van der Waals surface area contributed by atoms with Gasteiger partial charge in [-0.25, -0.2) is 4.39 Å². The van der Waals surface area contributed by atoms with Gasteiger partial charge in [0.05, 0.1) is 0 Å². The lowest BCUT2D eigenvalue weighted by atomic mass is 9.93. The number of hydrogen-bond acceptors (Lipinski definition) is 3. The van der Waals surface area contributed by atoms with Crippen LogP contribution in [0, 0.1) is 11.7 Å². The molecule has 0 radical (unpaired) electrons. The number of benzene rings is 1. The Hall–Kier alpha value is -0.590. The predicted molar refractivity (Wildman–Crippen MR) is 113 cm³/mol. The highest BCUT2D eigenvalue weighted by Gasteiger charge is 2.23. The molecule has 4 nitrogen and oxygen atoms in total. The summed E-state index contributed by atoms with van der Waals surface area (Å²) in [6.45, 7) is 5.64. The van der Waals surface area contributed by atoms with E-state index in [9.17, 15) is 9.18 Å². The first-order valence-corrected chi connectivity index (χ1v) is 9.65. The summed E-state index contributed by atoms with van der Waals surface area (Å²) in [6, 6.07) is 4.79. The number of carbonyl (C=O) groups is 1. The van der Waals surface area contributed by atoms with Crippen molar-refractivity contribution in [3.8, 4) is 0 Å². The molecule has 2 aliphatic heterocycles. The van der Waals surface area contributed by atoms with Crippen LogP contribution in [0.2, 0.25) is 5.02 Å². The normalized spacial score (nSPS) is 18.5. The van der Waals surface area contributed by atoms with Gasteiger partial charge in [-0.15, -0.1) is 24.8 Å². The first-order valence-electron chi connectivity index (χ1n) is 9.27. The highest BCUT2D eigenvalue weighted by molar-refractivity contribution is 6.31. The van der Waals surface area contributed by atoms with E-state index in [4.69, 9.17) is 11.6 Å². The minimum Gasteiger partial charge on any atom is -0.340 e. The summed E-state index contributed by atoms with van der Waals surface area (Å²) in [5.74, 6) is 0.699. The van der Waals surface area contributed by atoms with Crippen molar-refractivity contribution in [1.29, 1.82) is 0 Å². The molecule has 154 valence electrons. The molecule has 2 saturated heterocycles. The molecule has 0 aliphatic carbocycles. The smallest absolute Gasteiger partial charge is 0.222 e. The summed E-state index contributed by atoms with van der Waals surface area (Å²) in [6.07, 6.45) is 4.03. The lowest BCUT2D eigenvalue weighted by Gasteiger charge is -2.35. The number of halogens is 4. The molecule has 2 aliphatic rings. The van der Waals surface area contributed by atoms with Crippen molar-refractivity contribution in [2.75, 3.05) is 39.3 Å². The number of carbonyl (C=O) groups excluding carboxylic acids is 1. The zero-order valence-electron chi connectivity index (χ0n) is 15.5. The summed E-state index contributed by atoms with van der Waals surface area (Å²) >= 11 is 6.11. The standard InChI is InChI=1S/C19H27ClFN3O.2ClH/c20-17-2-1-3-18(21)16(17)14-23-10-12-24(13-11-23)19(25)5-4-15-6-8-22-9-7-15;;/h1-3,15,22H,4-14H2;2*1H. The number of nitrogens with zero attached hydrogens (tertiary/aromatic N) is 2. The van der Waals surface area contributed by atoms with Gasteiger partial charge in [0.25, 0.3) is 0 Å². The third-order valence-electron chi connectivity index (χ3n) is 5.39. The predicted octanol–water partition coefficient (Wildman–Crippen LogP) is 3.75. The maximum Gasteiger partial charge on any atom is 0.222 e. The minimum absolute atomic E-state index is 0. The van der Waals surface area contributed by atoms with E-state index in [2.05, 4.69) is 10.2 Å². The quantitative estimate of drug-likeness (QED) is 0.757. The molecule has 0 bridgehead atoms. The summed E-state index contributed by atoms with van der Waals surface area (Å²) in [7, 11) is 0. The van der Waals surface area contributed by atoms with E-state index >= 15 is 0 Å². The number of piperidine rings is 1. The molecule has 0 unspecified atom stereocenters. The fraction of sp³-hybridized carbons (Fsp3) is 0.632. The molecule has 0 spiro atoms. The second-order valence-corrected chi connectivity index (χ2v) is 7.50. The van der Waals surface area contributed by atoms with E-state index in [1.807, 2.05) is 4.90 Å². The number of amides is 1. The van der Waals surface area contributed by atoms with Gasteiger partial charge in [-0.2, -0.15) is 0 Å². The van der Waals surface area contributed by atoms with E-state index in [0.29, 0.717) is 29.5 Å². The Balaban J connectivity index is 0.00000182. The Morgan fingerprint density at radius 2 is 1.81 bits per heavy atom. The second-order valence-electron chi connectivity index (χ2n) is 7.09. The Bertz CT molecular complexity index is 571. The van der Waals surface area contributed by atoms with Crippen LogP contribution in [-0.4, -0.2) is 55.0 Å². The van der Waals surface area contributed by atoms with E-state index < -0.39 is 0 Å². The van der Waals surface area contributed by atoms with Crippen molar-refractivity contribution in [3.05, 3.63) is 34.6 Å². The highest BCUT2D eigenvalue weighted by Crippen LogP contribution is 2.22. The van der Waals surface area contributed by atoms with Gasteiger partial charge in [0, 0.05) is 49.7 Å². The highest BCUT2D eigenvalue weighted by atomic mass is 35.5. The zero-order valence-corrected chi connectivity index (χ0v) is 17.9. The second kappa shape index (κ2) is 12.1. The van der Waals surface area contributed by atoms with Gasteiger partial charge in [0.2, 0.25) is 5.91 Å². The van der Waals surface area contributed by atoms with Crippen LogP contribution in [0.3, 0.4) is 0 Å². The van der Waals surface area contributed by atoms with Crippen LogP contribution in [0.1, 0.15) is 31.2 Å². The van der Waals surface area contributed by atoms with Gasteiger partial charge in [0.15, 0.2) is 0 Å². The van der Waals surface area contributed by atoms with Crippen LogP contribution in [0.5, 0.6) is 0 Å². The van der Waals surface area contributed by atoms with Crippen molar-refractivity contribution in [2.45, 2.75) is 32.2 Å². The van der Waals surface area contributed by atoms with Gasteiger partial charge in [-0.3, -0.25) is 9.69 Å². The lowest BCUT2D eigenvalue weighted by Crippen LogP contribution is -2.48. The Kier molecular flexibility index (Phi) is 10.9. The van der Waals surface area contributed by atoms with E-state index in [-0.39, 0.29) is 36.5 Å². The third kappa shape index (κ3) is 7.06. The van der Waals surface area contributed by atoms with Crippen molar-refractivity contribution in [3.63, 3.8) is 0 Å². The summed E-state index contributed by atoms with van der Waals surface area (Å²) < 4.78 is 13.9. The number of rotatable bonds is 5. The molecule has 2 fully saturated rings. The Morgan fingerprint density at radius 1 is 1.15 bits per heavy atom.